The van der Waals surface area contributed by atoms with Crippen LogP contribution in [0.25, 0.3) is 11.0 Å². The van der Waals surface area contributed by atoms with Crippen LogP contribution in [0.1, 0.15) is 24.3 Å². The zero-order valence-corrected chi connectivity index (χ0v) is 15.2. The SMILES string of the molecule is CCNC(=O)NC(=O)[C@@H](OC(=O)Cc1noc2ccccc12)c1ccccc1. The van der Waals surface area contributed by atoms with Gasteiger partial charge in [0, 0.05) is 17.5 Å². The van der Waals surface area contributed by atoms with E-state index < -0.39 is 24.0 Å². The molecular formula is C20H19N3O5. The van der Waals surface area contributed by atoms with Gasteiger partial charge in [0.2, 0.25) is 6.10 Å². The Labute approximate surface area is 160 Å². The molecule has 2 N–H and O–H groups in total. The molecule has 0 fully saturated rings. The van der Waals surface area contributed by atoms with Crippen molar-refractivity contribution in [3.8, 4) is 0 Å². The lowest BCUT2D eigenvalue weighted by Gasteiger charge is -2.17. The number of fused-ring (bicyclic) bond motifs is 1. The predicted molar refractivity (Wildman–Crippen MR) is 100 cm³/mol. The second-order valence-corrected chi connectivity index (χ2v) is 5.93. The molecule has 1 atom stereocenters. The first-order valence-electron chi connectivity index (χ1n) is 8.75. The molecule has 3 rings (SSSR count). The molecule has 1 heterocycles. The highest BCUT2D eigenvalue weighted by atomic mass is 16.5. The highest BCUT2D eigenvalue weighted by Gasteiger charge is 2.27. The number of ether oxygens (including phenoxy) is 1. The third-order valence-corrected chi connectivity index (χ3v) is 3.93. The number of para-hydroxylation sites is 1. The standard InChI is InChI=1S/C20H19N3O5/c1-2-21-20(26)22-19(25)18(13-8-4-3-5-9-13)27-17(24)12-15-14-10-6-7-11-16(14)28-23-15/h3-11,18H,2,12H2,1H3,(H2,21,22,25,26)/t18-/m0/s1. The topological polar surface area (TPSA) is 111 Å². The first kappa shape index (κ1) is 19.1. The zero-order valence-electron chi connectivity index (χ0n) is 15.2. The average molecular weight is 381 g/mol. The number of carbonyl (C=O) groups excluding carboxylic acids is 3. The normalized spacial score (nSPS) is 11.6. The molecule has 0 bridgehead atoms. The number of amides is 3. The molecule has 144 valence electrons. The Bertz CT molecular complexity index is 984. The van der Waals surface area contributed by atoms with Crippen molar-refractivity contribution in [2.24, 2.45) is 0 Å². The molecule has 2 aromatic carbocycles. The molecule has 0 unspecified atom stereocenters. The molecule has 0 saturated carbocycles. The number of esters is 1. The van der Waals surface area contributed by atoms with Gasteiger partial charge in [0.1, 0.15) is 5.69 Å². The summed E-state index contributed by atoms with van der Waals surface area (Å²) in [5, 5.41) is 9.22. The van der Waals surface area contributed by atoms with Crippen LogP contribution in [-0.4, -0.2) is 29.6 Å². The number of aromatic nitrogens is 1. The van der Waals surface area contributed by atoms with Crippen molar-refractivity contribution in [2.45, 2.75) is 19.4 Å². The molecule has 3 aromatic rings. The summed E-state index contributed by atoms with van der Waals surface area (Å²) in [6.07, 6.45) is -1.44. The Morgan fingerprint density at radius 1 is 1.07 bits per heavy atom. The van der Waals surface area contributed by atoms with Gasteiger partial charge in [0.05, 0.1) is 6.42 Å². The first-order valence-corrected chi connectivity index (χ1v) is 8.75. The summed E-state index contributed by atoms with van der Waals surface area (Å²) >= 11 is 0. The Morgan fingerprint density at radius 3 is 2.54 bits per heavy atom. The van der Waals surface area contributed by atoms with E-state index in [9.17, 15) is 14.4 Å². The number of rotatable bonds is 6. The molecular weight excluding hydrogens is 362 g/mol. The molecule has 0 aliphatic heterocycles. The minimum absolute atomic E-state index is 0.172. The maximum absolute atomic E-state index is 12.5. The molecule has 8 nitrogen and oxygen atoms in total. The van der Waals surface area contributed by atoms with Gasteiger partial charge in [0.25, 0.3) is 5.91 Å². The molecule has 1 aromatic heterocycles. The van der Waals surface area contributed by atoms with Gasteiger partial charge in [-0.15, -0.1) is 0 Å². The van der Waals surface area contributed by atoms with E-state index in [1.807, 2.05) is 0 Å². The van der Waals surface area contributed by atoms with E-state index >= 15 is 0 Å². The summed E-state index contributed by atoms with van der Waals surface area (Å²) in [7, 11) is 0. The fourth-order valence-electron chi connectivity index (χ4n) is 2.66. The average Bonchev–Trinajstić information content (AvgIpc) is 3.10. The molecule has 0 aliphatic carbocycles. The summed E-state index contributed by atoms with van der Waals surface area (Å²) in [5.41, 5.74) is 1.41. The van der Waals surface area contributed by atoms with Gasteiger partial charge in [-0.25, -0.2) is 4.79 Å². The number of nitrogens with zero attached hydrogens (tertiary/aromatic N) is 1. The number of nitrogens with one attached hydrogen (secondary N) is 2. The van der Waals surface area contributed by atoms with Crippen molar-refractivity contribution >= 4 is 28.9 Å². The van der Waals surface area contributed by atoms with Gasteiger partial charge in [-0.1, -0.05) is 47.6 Å². The highest BCUT2D eigenvalue weighted by Crippen LogP contribution is 2.21. The lowest BCUT2D eigenvalue weighted by molar-refractivity contribution is -0.155. The Kier molecular flexibility index (Phi) is 6.01. The smallest absolute Gasteiger partial charge is 0.321 e. The maximum atomic E-state index is 12.5. The van der Waals surface area contributed by atoms with Gasteiger partial charge < -0.3 is 14.6 Å². The fourth-order valence-corrected chi connectivity index (χ4v) is 2.66. The number of benzene rings is 2. The minimum Gasteiger partial charge on any atom is -0.447 e. The fraction of sp³-hybridized carbons (Fsp3) is 0.200. The van der Waals surface area contributed by atoms with Crippen LogP contribution in [0.3, 0.4) is 0 Å². The van der Waals surface area contributed by atoms with Crippen molar-refractivity contribution in [2.75, 3.05) is 6.54 Å². The van der Waals surface area contributed by atoms with E-state index in [2.05, 4.69) is 15.8 Å². The van der Waals surface area contributed by atoms with Gasteiger partial charge in [-0.2, -0.15) is 0 Å². The van der Waals surface area contributed by atoms with E-state index in [1.165, 1.54) is 0 Å². The van der Waals surface area contributed by atoms with E-state index in [4.69, 9.17) is 9.26 Å². The quantitative estimate of drug-likeness (QED) is 0.635. The molecule has 0 aliphatic rings. The summed E-state index contributed by atoms with van der Waals surface area (Å²) < 4.78 is 10.6. The van der Waals surface area contributed by atoms with Gasteiger partial charge in [0.15, 0.2) is 5.58 Å². The largest absolute Gasteiger partial charge is 0.447 e. The van der Waals surface area contributed by atoms with E-state index in [0.29, 0.717) is 28.8 Å². The third kappa shape index (κ3) is 4.53. The number of urea groups is 1. The van der Waals surface area contributed by atoms with Crippen molar-refractivity contribution in [1.82, 2.24) is 15.8 Å². The van der Waals surface area contributed by atoms with Crippen LogP contribution in [-0.2, 0) is 20.7 Å². The van der Waals surface area contributed by atoms with Crippen molar-refractivity contribution in [3.05, 3.63) is 65.9 Å². The Hall–Kier alpha value is -3.68. The van der Waals surface area contributed by atoms with Crippen LogP contribution in [0.5, 0.6) is 0 Å². The summed E-state index contributed by atoms with van der Waals surface area (Å²) in [5.74, 6) is -1.41. The number of hydrogen-bond donors (Lipinski definition) is 2. The monoisotopic (exact) mass is 381 g/mol. The number of imide groups is 1. The van der Waals surface area contributed by atoms with E-state index in [0.717, 1.165) is 0 Å². The molecule has 28 heavy (non-hydrogen) atoms. The van der Waals surface area contributed by atoms with Crippen molar-refractivity contribution in [1.29, 1.82) is 0 Å². The van der Waals surface area contributed by atoms with Crippen LogP contribution in [0.4, 0.5) is 4.79 Å². The molecule has 0 saturated heterocycles. The number of carbonyl (C=O) groups is 3. The molecule has 0 spiro atoms. The molecule has 0 radical (unpaired) electrons. The van der Waals surface area contributed by atoms with E-state index in [-0.39, 0.29) is 6.42 Å². The van der Waals surface area contributed by atoms with Crippen LogP contribution < -0.4 is 10.6 Å². The Balaban J connectivity index is 1.76. The predicted octanol–water partition coefficient (Wildman–Crippen LogP) is 2.50. The second kappa shape index (κ2) is 8.81. The summed E-state index contributed by atoms with van der Waals surface area (Å²) in [4.78, 5) is 36.6. The van der Waals surface area contributed by atoms with Crippen molar-refractivity contribution in [3.63, 3.8) is 0 Å². The van der Waals surface area contributed by atoms with Crippen LogP contribution in [0.15, 0.2) is 59.1 Å². The summed E-state index contributed by atoms with van der Waals surface area (Å²) in [6.45, 7) is 2.08. The maximum Gasteiger partial charge on any atom is 0.321 e. The number of hydrogen-bond acceptors (Lipinski definition) is 6. The van der Waals surface area contributed by atoms with Crippen molar-refractivity contribution < 1.29 is 23.6 Å². The first-order chi connectivity index (χ1) is 13.6. The zero-order chi connectivity index (χ0) is 19.9. The molecule has 8 heteroatoms. The minimum atomic E-state index is -1.27. The van der Waals surface area contributed by atoms with Crippen LogP contribution >= 0.6 is 0 Å². The molecule has 3 amide bonds. The van der Waals surface area contributed by atoms with Gasteiger partial charge in [-0.05, 0) is 19.1 Å². The van der Waals surface area contributed by atoms with E-state index in [1.54, 1.807) is 61.5 Å². The lowest BCUT2D eigenvalue weighted by atomic mass is 10.1. The highest BCUT2D eigenvalue weighted by molar-refractivity contribution is 5.98. The Morgan fingerprint density at radius 2 is 1.79 bits per heavy atom. The van der Waals surface area contributed by atoms with Crippen LogP contribution in [0.2, 0.25) is 0 Å². The van der Waals surface area contributed by atoms with Gasteiger partial charge >= 0.3 is 12.0 Å². The lowest BCUT2D eigenvalue weighted by Crippen LogP contribution is -2.42. The summed E-state index contributed by atoms with van der Waals surface area (Å²) in [6, 6.07) is 14.9. The van der Waals surface area contributed by atoms with Gasteiger partial charge in [-0.3, -0.25) is 14.9 Å². The third-order valence-electron chi connectivity index (χ3n) is 3.93. The second-order valence-electron chi connectivity index (χ2n) is 5.93. The van der Waals surface area contributed by atoms with Crippen LogP contribution in [0, 0.1) is 0 Å².